The van der Waals surface area contributed by atoms with Crippen LogP contribution in [0.5, 0.6) is 0 Å². The van der Waals surface area contributed by atoms with Gasteiger partial charge in [0.15, 0.2) is 0 Å². The lowest BCUT2D eigenvalue weighted by molar-refractivity contribution is 0.138. The molecule has 2 rings (SSSR count). The van der Waals surface area contributed by atoms with Crippen molar-refractivity contribution in [3.8, 4) is 0 Å². The van der Waals surface area contributed by atoms with Gasteiger partial charge >= 0.3 is 6.03 Å². The van der Waals surface area contributed by atoms with Crippen LogP contribution in [0.25, 0.3) is 0 Å². The molecule has 0 bridgehead atoms. The van der Waals surface area contributed by atoms with Gasteiger partial charge in [-0.15, -0.1) is 0 Å². The van der Waals surface area contributed by atoms with Gasteiger partial charge < -0.3 is 15.0 Å². The van der Waals surface area contributed by atoms with Gasteiger partial charge in [-0.3, -0.25) is 0 Å². The number of hydrogen-bond donors (Lipinski definition) is 1. The first-order chi connectivity index (χ1) is 11.0. The van der Waals surface area contributed by atoms with E-state index in [0.29, 0.717) is 5.92 Å². The number of hydrogen-bond acceptors (Lipinski definition) is 2. The summed E-state index contributed by atoms with van der Waals surface area (Å²) in [5, 5.41) is 3.15. The SMILES string of the molecule is COCCC1CCN(C(=O)NC(C)c2cc(C)ccc2C)CC1. The van der Waals surface area contributed by atoms with Crippen LogP contribution in [0.4, 0.5) is 4.79 Å². The van der Waals surface area contributed by atoms with Crippen LogP contribution in [0.15, 0.2) is 18.2 Å². The summed E-state index contributed by atoms with van der Waals surface area (Å²) in [6.07, 6.45) is 3.26. The van der Waals surface area contributed by atoms with Gasteiger partial charge in [-0.05, 0) is 57.1 Å². The van der Waals surface area contributed by atoms with Crippen LogP contribution in [0.3, 0.4) is 0 Å². The summed E-state index contributed by atoms with van der Waals surface area (Å²) >= 11 is 0. The Bertz CT molecular complexity index is 522. The largest absolute Gasteiger partial charge is 0.385 e. The number of amides is 2. The van der Waals surface area contributed by atoms with Crippen molar-refractivity contribution in [3.05, 3.63) is 34.9 Å². The summed E-state index contributed by atoms with van der Waals surface area (Å²) in [5.41, 5.74) is 3.65. The number of ether oxygens (including phenoxy) is 1. The summed E-state index contributed by atoms with van der Waals surface area (Å²) in [6.45, 7) is 8.76. The molecule has 1 aliphatic rings. The first-order valence-corrected chi connectivity index (χ1v) is 8.62. The second-order valence-corrected chi connectivity index (χ2v) is 6.74. The fourth-order valence-corrected chi connectivity index (χ4v) is 3.29. The molecule has 1 heterocycles. The third kappa shape index (κ3) is 4.96. The number of carbonyl (C=O) groups excluding carboxylic acids is 1. The molecule has 1 fully saturated rings. The van der Waals surface area contributed by atoms with Crippen molar-refractivity contribution in [2.75, 3.05) is 26.8 Å². The Morgan fingerprint density at radius 2 is 2.04 bits per heavy atom. The normalized spacial score (nSPS) is 17.1. The maximum absolute atomic E-state index is 12.5. The van der Waals surface area contributed by atoms with Crippen LogP contribution >= 0.6 is 0 Å². The number of benzene rings is 1. The van der Waals surface area contributed by atoms with Crippen molar-refractivity contribution in [2.45, 2.75) is 46.1 Å². The highest BCUT2D eigenvalue weighted by molar-refractivity contribution is 5.74. The number of nitrogens with zero attached hydrogens (tertiary/aromatic N) is 1. The van der Waals surface area contributed by atoms with E-state index in [9.17, 15) is 4.79 Å². The molecule has 1 unspecified atom stereocenters. The zero-order chi connectivity index (χ0) is 16.8. The van der Waals surface area contributed by atoms with E-state index in [1.807, 2.05) is 4.90 Å². The van der Waals surface area contributed by atoms with Gasteiger partial charge in [0.1, 0.15) is 0 Å². The zero-order valence-corrected chi connectivity index (χ0v) is 14.9. The number of carbonyl (C=O) groups is 1. The molecule has 0 saturated carbocycles. The van der Waals surface area contributed by atoms with Gasteiger partial charge in [-0.1, -0.05) is 23.8 Å². The number of urea groups is 1. The second-order valence-electron chi connectivity index (χ2n) is 6.74. The molecule has 1 N–H and O–H groups in total. The minimum Gasteiger partial charge on any atom is -0.385 e. The summed E-state index contributed by atoms with van der Waals surface area (Å²) in [5.74, 6) is 0.690. The molecule has 0 aromatic heterocycles. The first-order valence-electron chi connectivity index (χ1n) is 8.62. The summed E-state index contributed by atoms with van der Waals surface area (Å²) < 4.78 is 5.15. The molecule has 0 aliphatic carbocycles. The number of rotatable bonds is 5. The first kappa shape index (κ1) is 17.8. The van der Waals surface area contributed by atoms with Crippen molar-refractivity contribution in [2.24, 2.45) is 5.92 Å². The Morgan fingerprint density at radius 1 is 1.35 bits per heavy atom. The highest BCUT2D eigenvalue weighted by Gasteiger charge is 2.23. The van der Waals surface area contributed by atoms with Gasteiger partial charge in [0.05, 0.1) is 6.04 Å². The average molecular weight is 318 g/mol. The highest BCUT2D eigenvalue weighted by Crippen LogP contribution is 2.22. The summed E-state index contributed by atoms with van der Waals surface area (Å²) in [6, 6.07) is 6.49. The molecule has 0 radical (unpaired) electrons. The second kappa shape index (κ2) is 8.34. The Balaban J connectivity index is 1.86. The van der Waals surface area contributed by atoms with Crippen molar-refractivity contribution < 1.29 is 9.53 Å². The topological polar surface area (TPSA) is 41.6 Å². The number of aryl methyl sites for hydroxylation is 2. The smallest absolute Gasteiger partial charge is 0.317 e. The Kier molecular flexibility index (Phi) is 6.46. The fraction of sp³-hybridized carbons (Fsp3) is 0.632. The van der Waals surface area contributed by atoms with E-state index in [1.54, 1.807) is 7.11 Å². The van der Waals surface area contributed by atoms with Crippen LogP contribution in [-0.2, 0) is 4.74 Å². The van der Waals surface area contributed by atoms with Crippen LogP contribution in [0, 0.1) is 19.8 Å². The molecular formula is C19H30N2O2. The van der Waals surface area contributed by atoms with Gasteiger partial charge in [-0.2, -0.15) is 0 Å². The molecule has 1 atom stereocenters. The Morgan fingerprint density at radius 3 is 2.70 bits per heavy atom. The third-order valence-corrected chi connectivity index (χ3v) is 4.87. The molecule has 1 aromatic carbocycles. The maximum Gasteiger partial charge on any atom is 0.317 e. The third-order valence-electron chi connectivity index (χ3n) is 4.87. The predicted octanol–water partition coefficient (Wildman–Crippen LogP) is 3.82. The van der Waals surface area contributed by atoms with Crippen LogP contribution in [-0.4, -0.2) is 37.7 Å². The maximum atomic E-state index is 12.5. The van der Waals surface area contributed by atoms with E-state index in [2.05, 4.69) is 44.3 Å². The lowest BCUT2D eigenvalue weighted by Crippen LogP contribution is -2.45. The van der Waals surface area contributed by atoms with E-state index in [-0.39, 0.29) is 12.1 Å². The lowest BCUT2D eigenvalue weighted by atomic mass is 9.94. The molecular weight excluding hydrogens is 288 g/mol. The minimum atomic E-state index is 0.0358. The van der Waals surface area contributed by atoms with Gasteiger partial charge in [0.2, 0.25) is 0 Å². The molecule has 1 aliphatic heterocycles. The Labute approximate surface area is 140 Å². The van der Waals surface area contributed by atoms with Gasteiger partial charge in [0, 0.05) is 26.8 Å². The van der Waals surface area contributed by atoms with Crippen molar-refractivity contribution in [3.63, 3.8) is 0 Å². The highest BCUT2D eigenvalue weighted by atomic mass is 16.5. The van der Waals surface area contributed by atoms with Crippen molar-refractivity contribution in [1.82, 2.24) is 10.2 Å². The number of nitrogens with one attached hydrogen (secondary N) is 1. The predicted molar refractivity (Wildman–Crippen MR) is 93.7 cm³/mol. The lowest BCUT2D eigenvalue weighted by Gasteiger charge is -2.33. The molecule has 1 saturated heterocycles. The average Bonchev–Trinajstić information content (AvgIpc) is 2.55. The quantitative estimate of drug-likeness (QED) is 0.896. The van der Waals surface area contributed by atoms with E-state index in [4.69, 9.17) is 4.74 Å². The Hall–Kier alpha value is -1.55. The van der Waals surface area contributed by atoms with Gasteiger partial charge in [-0.25, -0.2) is 4.79 Å². The molecule has 4 nitrogen and oxygen atoms in total. The van der Waals surface area contributed by atoms with Crippen LogP contribution in [0.2, 0.25) is 0 Å². The van der Waals surface area contributed by atoms with Crippen molar-refractivity contribution >= 4 is 6.03 Å². The standard InChI is InChI=1S/C19H30N2O2/c1-14-5-6-15(2)18(13-14)16(3)20-19(22)21-10-7-17(8-11-21)9-12-23-4/h5-6,13,16-17H,7-12H2,1-4H3,(H,20,22). The number of piperidine rings is 1. The van der Waals surface area contributed by atoms with Crippen LogP contribution in [0.1, 0.15) is 48.9 Å². The fourth-order valence-electron chi connectivity index (χ4n) is 3.29. The molecule has 2 amide bonds. The van der Waals surface area contributed by atoms with E-state index in [1.165, 1.54) is 16.7 Å². The molecule has 4 heteroatoms. The minimum absolute atomic E-state index is 0.0358. The zero-order valence-electron chi connectivity index (χ0n) is 14.9. The summed E-state index contributed by atoms with van der Waals surface area (Å²) in [4.78, 5) is 14.4. The van der Waals surface area contributed by atoms with E-state index >= 15 is 0 Å². The molecule has 128 valence electrons. The van der Waals surface area contributed by atoms with Crippen molar-refractivity contribution in [1.29, 1.82) is 0 Å². The molecule has 23 heavy (non-hydrogen) atoms. The van der Waals surface area contributed by atoms with E-state index in [0.717, 1.165) is 39.0 Å². The van der Waals surface area contributed by atoms with Gasteiger partial charge in [0.25, 0.3) is 0 Å². The van der Waals surface area contributed by atoms with Crippen LogP contribution < -0.4 is 5.32 Å². The molecule has 1 aromatic rings. The molecule has 0 spiro atoms. The van der Waals surface area contributed by atoms with E-state index < -0.39 is 0 Å². The number of methoxy groups -OCH3 is 1. The summed E-state index contributed by atoms with van der Waals surface area (Å²) in [7, 11) is 1.75. The monoisotopic (exact) mass is 318 g/mol. The number of likely N-dealkylation sites (tertiary alicyclic amines) is 1.